The number of aromatic carboxylic acids is 1. The highest BCUT2D eigenvalue weighted by Gasteiger charge is 2.22. The number of rotatable bonds is 1. The number of carboxylic acids is 1. The first-order valence-electron chi connectivity index (χ1n) is 4.08. The zero-order valence-electron chi connectivity index (χ0n) is 8.21. The number of halogens is 1. The van der Waals surface area contributed by atoms with Crippen LogP contribution >= 0.6 is 0 Å². The van der Waals surface area contributed by atoms with Crippen LogP contribution in [0.15, 0.2) is 6.20 Å². The van der Waals surface area contributed by atoms with Crippen LogP contribution in [0.4, 0.5) is 4.39 Å². The third-order valence-corrected chi connectivity index (χ3v) is 1.65. The summed E-state index contributed by atoms with van der Waals surface area (Å²) in [6, 6.07) is 0. The number of carbonyl (C=O) groups is 1. The van der Waals surface area contributed by atoms with Gasteiger partial charge in [0.05, 0.1) is 11.9 Å². The second kappa shape index (κ2) is 3.32. The molecule has 4 nitrogen and oxygen atoms in total. The molecule has 0 saturated heterocycles. The maximum Gasteiger partial charge on any atom is 0.373 e. The Labute approximate surface area is 80.8 Å². The van der Waals surface area contributed by atoms with Gasteiger partial charge in [-0.15, -0.1) is 0 Å². The molecule has 1 N–H and O–H groups in total. The summed E-state index contributed by atoms with van der Waals surface area (Å²) >= 11 is 0. The Kier molecular flexibility index (Phi) is 2.51. The second-order valence-corrected chi connectivity index (χ2v) is 3.95. The van der Waals surface area contributed by atoms with Crippen molar-refractivity contribution < 1.29 is 14.3 Å². The molecule has 0 aliphatic carbocycles. The van der Waals surface area contributed by atoms with Gasteiger partial charge in [-0.1, -0.05) is 20.8 Å². The van der Waals surface area contributed by atoms with Gasteiger partial charge in [-0.05, 0) is 0 Å². The van der Waals surface area contributed by atoms with Crippen LogP contribution < -0.4 is 0 Å². The fraction of sp³-hybridized carbons (Fsp3) is 0.444. The number of hydrogen-bond donors (Lipinski definition) is 1. The topological polar surface area (TPSA) is 63.1 Å². The van der Waals surface area contributed by atoms with E-state index in [0.717, 1.165) is 6.20 Å². The van der Waals surface area contributed by atoms with Crippen LogP contribution in [0.2, 0.25) is 0 Å². The van der Waals surface area contributed by atoms with E-state index < -0.39 is 17.2 Å². The lowest BCUT2D eigenvalue weighted by Gasteiger charge is -2.17. The molecule has 0 atom stereocenters. The van der Waals surface area contributed by atoms with Crippen LogP contribution in [-0.2, 0) is 5.41 Å². The molecule has 0 bridgehead atoms. The highest BCUT2D eigenvalue weighted by molar-refractivity contribution is 5.83. The van der Waals surface area contributed by atoms with Gasteiger partial charge in [0.25, 0.3) is 0 Å². The van der Waals surface area contributed by atoms with Crippen molar-refractivity contribution in [1.29, 1.82) is 0 Å². The molecule has 1 rings (SSSR count). The number of aromatic nitrogens is 2. The SMILES string of the molecule is CC(C)(C)c1nc(C(=O)O)ncc1F. The maximum atomic E-state index is 13.2. The molecule has 0 radical (unpaired) electrons. The zero-order valence-corrected chi connectivity index (χ0v) is 8.21. The van der Waals surface area contributed by atoms with Gasteiger partial charge in [0, 0.05) is 5.41 Å². The van der Waals surface area contributed by atoms with E-state index in [1.807, 2.05) is 0 Å². The zero-order chi connectivity index (χ0) is 10.9. The molecule has 0 spiro atoms. The minimum Gasteiger partial charge on any atom is -0.475 e. The summed E-state index contributed by atoms with van der Waals surface area (Å²) in [4.78, 5) is 17.6. The fourth-order valence-corrected chi connectivity index (χ4v) is 0.996. The molecular weight excluding hydrogens is 187 g/mol. The minimum absolute atomic E-state index is 0.116. The molecule has 0 aliphatic heterocycles. The van der Waals surface area contributed by atoms with Crippen molar-refractivity contribution in [2.75, 3.05) is 0 Å². The molecule has 1 heterocycles. The summed E-state index contributed by atoms with van der Waals surface area (Å²) in [5, 5.41) is 8.62. The minimum atomic E-state index is -1.25. The quantitative estimate of drug-likeness (QED) is 0.744. The maximum absolute atomic E-state index is 13.2. The van der Waals surface area contributed by atoms with E-state index in [4.69, 9.17) is 5.11 Å². The first kappa shape index (κ1) is 10.6. The van der Waals surface area contributed by atoms with Gasteiger partial charge in [-0.25, -0.2) is 19.2 Å². The Morgan fingerprint density at radius 3 is 2.50 bits per heavy atom. The molecule has 76 valence electrons. The Morgan fingerprint density at radius 1 is 1.50 bits per heavy atom. The van der Waals surface area contributed by atoms with E-state index >= 15 is 0 Å². The Morgan fingerprint density at radius 2 is 2.07 bits per heavy atom. The predicted molar refractivity (Wildman–Crippen MR) is 47.6 cm³/mol. The van der Waals surface area contributed by atoms with Gasteiger partial charge < -0.3 is 5.11 Å². The molecule has 0 aliphatic rings. The summed E-state index contributed by atoms with van der Waals surface area (Å²) in [6.07, 6.45) is 0.886. The molecule has 0 saturated carbocycles. The highest BCUT2D eigenvalue weighted by atomic mass is 19.1. The summed E-state index contributed by atoms with van der Waals surface area (Å²) in [7, 11) is 0. The standard InChI is InChI=1S/C9H11FN2O2/c1-9(2,3)6-5(10)4-11-7(12-6)8(13)14/h4H,1-3H3,(H,13,14). The summed E-state index contributed by atoms with van der Waals surface area (Å²) in [6.45, 7) is 5.26. The second-order valence-electron chi connectivity index (χ2n) is 3.95. The first-order valence-corrected chi connectivity index (χ1v) is 4.08. The molecule has 0 aromatic carbocycles. The van der Waals surface area contributed by atoms with Gasteiger partial charge in [0.2, 0.25) is 5.82 Å². The molecule has 0 fully saturated rings. The van der Waals surface area contributed by atoms with E-state index in [0.29, 0.717) is 0 Å². The monoisotopic (exact) mass is 198 g/mol. The lowest BCUT2D eigenvalue weighted by molar-refractivity contribution is 0.0682. The summed E-state index contributed by atoms with van der Waals surface area (Å²) < 4.78 is 13.2. The van der Waals surface area contributed by atoms with Gasteiger partial charge >= 0.3 is 5.97 Å². The molecule has 1 aromatic heterocycles. The summed E-state index contributed by atoms with van der Waals surface area (Å²) in [5.41, 5.74) is -0.415. The molecule has 14 heavy (non-hydrogen) atoms. The lowest BCUT2D eigenvalue weighted by atomic mass is 9.91. The van der Waals surface area contributed by atoms with Crippen LogP contribution in [0.5, 0.6) is 0 Å². The lowest BCUT2D eigenvalue weighted by Crippen LogP contribution is -2.19. The van der Waals surface area contributed by atoms with E-state index in [1.165, 1.54) is 0 Å². The van der Waals surface area contributed by atoms with Crippen molar-refractivity contribution in [3.63, 3.8) is 0 Å². The molecule has 1 aromatic rings. The average molecular weight is 198 g/mol. The van der Waals surface area contributed by atoms with Gasteiger partial charge in [0.15, 0.2) is 5.82 Å². The Hall–Kier alpha value is -1.52. The van der Waals surface area contributed by atoms with E-state index in [2.05, 4.69) is 9.97 Å². The van der Waals surface area contributed by atoms with Crippen molar-refractivity contribution in [2.45, 2.75) is 26.2 Å². The van der Waals surface area contributed by atoms with Crippen LogP contribution in [-0.4, -0.2) is 21.0 Å². The van der Waals surface area contributed by atoms with Crippen molar-refractivity contribution in [3.05, 3.63) is 23.5 Å². The first-order chi connectivity index (χ1) is 6.32. The Bertz CT molecular complexity index is 372. The van der Waals surface area contributed by atoms with Gasteiger partial charge in [-0.2, -0.15) is 0 Å². The van der Waals surface area contributed by atoms with Crippen molar-refractivity contribution >= 4 is 5.97 Å². The molecule has 0 unspecified atom stereocenters. The predicted octanol–water partition coefficient (Wildman–Crippen LogP) is 1.61. The molecular formula is C9H11FN2O2. The number of carboxylic acid groups (broad SMARTS) is 1. The smallest absolute Gasteiger partial charge is 0.373 e. The van der Waals surface area contributed by atoms with Crippen LogP contribution in [0.25, 0.3) is 0 Å². The Balaban J connectivity index is 3.29. The van der Waals surface area contributed by atoms with Gasteiger partial charge in [0.1, 0.15) is 0 Å². The van der Waals surface area contributed by atoms with E-state index in [-0.39, 0.29) is 11.5 Å². The largest absolute Gasteiger partial charge is 0.475 e. The average Bonchev–Trinajstić information content (AvgIpc) is 2.02. The van der Waals surface area contributed by atoms with E-state index in [9.17, 15) is 9.18 Å². The fourth-order valence-electron chi connectivity index (χ4n) is 0.996. The molecule has 0 amide bonds. The highest BCUT2D eigenvalue weighted by Crippen LogP contribution is 2.22. The number of hydrogen-bond acceptors (Lipinski definition) is 3. The van der Waals surface area contributed by atoms with Crippen molar-refractivity contribution in [2.24, 2.45) is 0 Å². The van der Waals surface area contributed by atoms with Crippen LogP contribution in [0.1, 0.15) is 37.1 Å². The molecule has 5 heteroatoms. The summed E-state index contributed by atoms with van der Waals surface area (Å²) in [5.74, 6) is -2.21. The third kappa shape index (κ3) is 2.04. The van der Waals surface area contributed by atoms with Crippen molar-refractivity contribution in [3.8, 4) is 0 Å². The van der Waals surface area contributed by atoms with Crippen molar-refractivity contribution in [1.82, 2.24) is 9.97 Å². The normalized spacial score (nSPS) is 11.4. The van der Waals surface area contributed by atoms with E-state index in [1.54, 1.807) is 20.8 Å². The van der Waals surface area contributed by atoms with Crippen LogP contribution in [0, 0.1) is 5.82 Å². The third-order valence-electron chi connectivity index (χ3n) is 1.65. The van der Waals surface area contributed by atoms with Gasteiger partial charge in [-0.3, -0.25) is 0 Å². The number of nitrogens with zero attached hydrogens (tertiary/aromatic N) is 2. The van der Waals surface area contributed by atoms with Crippen LogP contribution in [0.3, 0.4) is 0 Å².